The molecular weight excluding hydrogens is 368 g/mol. The number of para-hydroxylation sites is 1. The van der Waals surface area contributed by atoms with E-state index < -0.39 is 0 Å². The number of aliphatic imine (C=N–C) groups is 1. The summed E-state index contributed by atoms with van der Waals surface area (Å²) in [6, 6.07) is 8.46. The van der Waals surface area contributed by atoms with E-state index in [9.17, 15) is 4.79 Å². The third-order valence-corrected chi connectivity index (χ3v) is 5.43. The van der Waals surface area contributed by atoms with E-state index in [0.29, 0.717) is 38.4 Å². The molecule has 0 aromatic heterocycles. The molecule has 2 N–H and O–H groups in total. The van der Waals surface area contributed by atoms with Crippen molar-refractivity contribution in [3.63, 3.8) is 0 Å². The van der Waals surface area contributed by atoms with Gasteiger partial charge in [-0.2, -0.15) is 0 Å². The maximum atomic E-state index is 11.9. The van der Waals surface area contributed by atoms with E-state index in [1.54, 1.807) is 4.90 Å². The molecule has 29 heavy (non-hydrogen) atoms. The van der Waals surface area contributed by atoms with E-state index in [-0.39, 0.29) is 6.09 Å². The van der Waals surface area contributed by atoms with Gasteiger partial charge in [0.05, 0.1) is 19.3 Å². The molecule has 1 saturated carbocycles. The molecular formula is C22H34N4O3. The molecule has 3 rings (SSSR count). The highest BCUT2D eigenvalue weighted by Crippen LogP contribution is 2.27. The summed E-state index contributed by atoms with van der Waals surface area (Å²) in [4.78, 5) is 18.4. The van der Waals surface area contributed by atoms with Gasteiger partial charge in [-0.15, -0.1) is 0 Å². The van der Waals surface area contributed by atoms with Crippen LogP contribution in [0.4, 0.5) is 4.79 Å². The van der Waals surface area contributed by atoms with Gasteiger partial charge in [0.25, 0.3) is 0 Å². The van der Waals surface area contributed by atoms with Gasteiger partial charge in [0.2, 0.25) is 0 Å². The Bertz CT molecular complexity index is 682. The van der Waals surface area contributed by atoms with Gasteiger partial charge in [-0.3, -0.25) is 0 Å². The maximum absolute atomic E-state index is 11.9. The number of ether oxygens (including phenoxy) is 2. The molecule has 0 radical (unpaired) electrons. The van der Waals surface area contributed by atoms with Crippen molar-refractivity contribution in [3.8, 4) is 5.75 Å². The Balaban J connectivity index is 1.55. The molecule has 0 atom stereocenters. The van der Waals surface area contributed by atoms with Gasteiger partial charge >= 0.3 is 6.09 Å². The highest BCUT2D eigenvalue weighted by atomic mass is 16.6. The molecule has 7 nitrogen and oxygen atoms in total. The quantitative estimate of drug-likeness (QED) is 0.541. The largest absolute Gasteiger partial charge is 0.490 e. The predicted octanol–water partition coefficient (Wildman–Crippen LogP) is 3.29. The van der Waals surface area contributed by atoms with Gasteiger partial charge in [-0.25, -0.2) is 9.79 Å². The summed E-state index contributed by atoms with van der Waals surface area (Å²) in [6.45, 7) is 7.09. The number of rotatable bonds is 7. The number of nitrogens with zero attached hydrogens (tertiary/aromatic N) is 2. The first kappa shape index (κ1) is 21.3. The number of amides is 1. The zero-order valence-electron chi connectivity index (χ0n) is 17.7. The molecule has 0 unspecified atom stereocenters. The molecule has 1 aliphatic carbocycles. The Morgan fingerprint density at radius 1 is 1.17 bits per heavy atom. The van der Waals surface area contributed by atoms with Crippen LogP contribution in [0.25, 0.3) is 0 Å². The van der Waals surface area contributed by atoms with Crippen LogP contribution < -0.4 is 15.4 Å². The molecule has 2 fully saturated rings. The molecule has 0 bridgehead atoms. The number of nitrogens with one attached hydrogen (secondary N) is 2. The van der Waals surface area contributed by atoms with Crippen molar-refractivity contribution >= 4 is 12.1 Å². The molecule has 1 amide bonds. The number of carbonyl (C=O) groups is 1. The molecule has 0 spiro atoms. The van der Waals surface area contributed by atoms with Crippen molar-refractivity contribution in [2.45, 2.75) is 64.6 Å². The first-order valence-corrected chi connectivity index (χ1v) is 10.9. The van der Waals surface area contributed by atoms with Crippen molar-refractivity contribution in [1.82, 2.24) is 15.5 Å². The summed E-state index contributed by atoms with van der Waals surface area (Å²) in [5, 5.41) is 6.85. The van der Waals surface area contributed by atoms with Crippen LogP contribution in [0, 0.1) is 0 Å². The van der Waals surface area contributed by atoms with Crippen molar-refractivity contribution in [1.29, 1.82) is 0 Å². The zero-order chi connectivity index (χ0) is 20.5. The Kier molecular flexibility index (Phi) is 8.02. The lowest BCUT2D eigenvalue weighted by atomic mass is 9.96. The Labute approximate surface area is 173 Å². The molecule has 1 saturated heterocycles. The van der Waals surface area contributed by atoms with E-state index in [0.717, 1.165) is 49.5 Å². The monoisotopic (exact) mass is 402 g/mol. The molecule has 1 aliphatic heterocycles. The fourth-order valence-corrected chi connectivity index (χ4v) is 3.52. The minimum absolute atomic E-state index is 0.213. The molecule has 7 heteroatoms. The lowest BCUT2D eigenvalue weighted by molar-refractivity contribution is 0.0963. The highest BCUT2D eigenvalue weighted by Gasteiger charge is 2.24. The number of piperidine rings is 1. The first-order chi connectivity index (χ1) is 14.2. The van der Waals surface area contributed by atoms with E-state index in [1.165, 1.54) is 6.42 Å². The molecule has 160 valence electrons. The van der Waals surface area contributed by atoms with Crippen LogP contribution in [0.3, 0.4) is 0 Å². The highest BCUT2D eigenvalue weighted by molar-refractivity contribution is 5.80. The van der Waals surface area contributed by atoms with Crippen molar-refractivity contribution in [2.75, 3.05) is 26.2 Å². The third-order valence-electron chi connectivity index (χ3n) is 5.43. The average molecular weight is 403 g/mol. The van der Waals surface area contributed by atoms with Crippen LogP contribution in [-0.2, 0) is 11.3 Å². The Morgan fingerprint density at radius 2 is 1.93 bits per heavy atom. The second-order valence-corrected chi connectivity index (χ2v) is 7.58. The van der Waals surface area contributed by atoms with Crippen LogP contribution in [0.15, 0.2) is 29.3 Å². The van der Waals surface area contributed by atoms with E-state index in [1.807, 2.05) is 25.1 Å². The lowest BCUT2D eigenvalue weighted by Crippen LogP contribution is -2.49. The topological polar surface area (TPSA) is 75.2 Å². The number of guanidine groups is 1. The van der Waals surface area contributed by atoms with Gasteiger partial charge in [0, 0.05) is 31.2 Å². The minimum atomic E-state index is -0.213. The summed E-state index contributed by atoms with van der Waals surface area (Å²) in [5.74, 6) is 1.75. The fraction of sp³-hybridized carbons (Fsp3) is 0.636. The average Bonchev–Trinajstić information content (AvgIpc) is 2.70. The van der Waals surface area contributed by atoms with Crippen LogP contribution in [0.1, 0.15) is 51.5 Å². The summed E-state index contributed by atoms with van der Waals surface area (Å²) >= 11 is 0. The predicted molar refractivity (Wildman–Crippen MR) is 114 cm³/mol. The van der Waals surface area contributed by atoms with Gasteiger partial charge in [0.15, 0.2) is 5.96 Å². The molecule has 2 aliphatic rings. The molecule has 1 aromatic rings. The van der Waals surface area contributed by atoms with E-state index in [2.05, 4.69) is 23.6 Å². The van der Waals surface area contributed by atoms with Crippen LogP contribution in [0.2, 0.25) is 0 Å². The van der Waals surface area contributed by atoms with Crippen molar-refractivity contribution in [3.05, 3.63) is 29.8 Å². The second-order valence-electron chi connectivity index (χ2n) is 7.58. The Hall–Kier alpha value is -2.44. The molecule has 1 aromatic carbocycles. The first-order valence-electron chi connectivity index (χ1n) is 10.9. The van der Waals surface area contributed by atoms with E-state index >= 15 is 0 Å². The normalized spacial score (nSPS) is 18.1. The van der Waals surface area contributed by atoms with Crippen molar-refractivity contribution in [2.24, 2.45) is 4.99 Å². The van der Waals surface area contributed by atoms with Crippen molar-refractivity contribution < 1.29 is 14.3 Å². The van der Waals surface area contributed by atoms with Gasteiger partial charge in [0.1, 0.15) is 5.75 Å². The second kappa shape index (κ2) is 10.9. The minimum Gasteiger partial charge on any atom is -0.490 e. The SMILES string of the molecule is CCNC(=NCc1ccccc1OC1CCC1)NC1CCN(C(=O)OCC)CC1. The number of benzene rings is 1. The summed E-state index contributed by atoms with van der Waals surface area (Å²) in [5.41, 5.74) is 1.11. The maximum Gasteiger partial charge on any atom is 0.409 e. The number of likely N-dealkylation sites (tertiary alicyclic amines) is 1. The van der Waals surface area contributed by atoms with E-state index in [4.69, 9.17) is 14.5 Å². The van der Waals surface area contributed by atoms with Crippen LogP contribution in [0.5, 0.6) is 5.75 Å². The zero-order valence-corrected chi connectivity index (χ0v) is 17.7. The summed E-state index contributed by atoms with van der Waals surface area (Å²) in [7, 11) is 0. The summed E-state index contributed by atoms with van der Waals surface area (Å²) < 4.78 is 11.2. The van der Waals surface area contributed by atoms with Gasteiger partial charge in [-0.1, -0.05) is 18.2 Å². The standard InChI is InChI=1S/C22H34N4O3/c1-3-23-21(25-18-12-14-26(15-13-18)22(27)28-4-2)24-16-17-8-5-6-11-20(17)29-19-9-7-10-19/h5-6,8,11,18-19H,3-4,7,9-10,12-16H2,1-2H3,(H2,23,24,25). The number of carbonyl (C=O) groups excluding carboxylic acids is 1. The Morgan fingerprint density at radius 3 is 2.59 bits per heavy atom. The number of hydrogen-bond donors (Lipinski definition) is 2. The van der Waals surface area contributed by atoms with Gasteiger partial charge < -0.3 is 25.0 Å². The molecule has 1 heterocycles. The summed E-state index contributed by atoms with van der Waals surface area (Å²) in [6.07, 6.45) is 5.45. The van der Waals surface area contributed by atoms with Gasteiger partial charge in [-0.05, 0) is 52.0 Å². The number of hydrogen-bond acceptors (Lipinski definition) is 4. The van der Waals surface area contributed by atoms with Crippen LogP contribution >= 0.6 is 0 Å². The fourth-order valence-electron chi connectivity index (χ4n) is 3.52. The third kappa shape index (κ3) is 6.27. The smallest absolute Gasteiger partial charge is 0.409 e. The lowest BCUT2D eigenvalue weighted by Gasteiger charge is -2.32. The van der Waals surface area contributed by atoms with Crippen LogP contribution in [-0.4, -0.2) is 55.3 Å².